The lowest BCUT2D eigenvalue weighted by atomic mass is 10.2. The van der Waals surface area contributed by atoms with Crippen LogP contribution in [0.2, 0.25) is 12.1 Å². The van der Waals surface area contributed by atoms with Crippen LogP contribution in [-0.2, 0) is 12.1 Å². The zero-order valence-electron chi connectivity index (χ0n) is 15.8. The molecule has 0 bridgehead atoms. The molecule has 2 unspecified atom stereocenters. The van der Waals surface area contributed by atoms with Gasteiger partial charge in [0.15, 0.2) is 0 Å². The van der Waals surface area contributed by atoms with Crippen molar-refractivity contribution >= 4 is 36.9 Å². The zero-order valence-corrected chi connectivity index (χ0v) is 19.3. The fraction of sp³-hybridized carbons (Fsp3) is 0.364. The van der Waals surface area contributed by atoms with Gasteiger partial charge in [-0.3, -0.25) is 0 Å². The van der Waals surface area contributed by atoms with Gasteiger partial charge >= 0.3 is 0 Å². The summed E-state index contributed by atoms with van der Waals surface area (Å²) in [5.74, 6) is 0. The second-order valence-corrected chi connectivity index (χ2v) is 17.4. The standard InChI is InChI=1S/C22H28Cl2Si2/c1-3-15-25(23,19-21-11-7-5-8-12-21)17-18-26(24,16-4-2)20-22-13-9-6-10-14-22/h5-14H,3-4,15-16,19-20H2,1-2H3. The van der Waals surface area contributed by atoms with E-state index in [-0.39, 0.29) is 0 Å². The molecule has 0 saturated carbocycles. The molecule has 4 heteroatoms. The first-order valence-corrected chi connectivity index (χ1v) is 16.3. The van der Waals surface area contributed by atoms with Crippen LogP contribution in [0.3, 0.4) is 0 Å². The summed E-state index contributed by atoms with van der Waals surface area (Å²) >= 11 is 14.2. The van der Waals surface area contributed by atoms with Crippen LogP contribution in [0.25, 0.3) is 0 Å². The van der Waals surface area contributed by atoms with Gasteiger partial charge in [-0.1, -0.05) is 87.4 Å². The molecular weight excluding hydrogens is 391 g/mol. The fourth-order valence-electron chi connectivity index (χ4n) is 3.25. The van der Waals surface area contributed by atoms with Crippen LogP contribution in [0.5, 0.6) is 0 Å². The van der Waals surface area contributed by atoms with E-state index in [0.717, 1.165) is 37.0 Å². The van der Waals surface area contributed by atoms with Gasteiger partial charge in [0.1, 0.15) is 0 Å². The molecule has 0 saturated heterocycles. The van der Waals surface area contributed by atoms with E-state index in [9.17, 15) is 0 Å². The van der Waals surface area contributed by atoms with E-state index in [1.165, 1.54) is 11.1 Å². The van der Waals surface area contributed by atoms with Crippen LogP contribution in [0.15, 0.2) is 60.7 Å². The smallest absolute Gasteiger partial charge is 0.150 e. The van der Waals surface area contributed by atoms with Crippen molar-refractivity contribution in [3.05, 3.63) is 71.8 Å². The van der Waals surface area contributed by atoms with Crippen LogP contribution in [0.4, 0.5) is 0 Å². The molecular formula is C22H28Cl2Si2. The van der Waals surface area contributed by atoms with E-state index >= 15 is 0 Å². The Bertz CT molecular complexity index is 663. The first-order valence-electron chi connectivity index (χ1n) is 9.48. The van der Waals surface area contributed by atoms with Crippen LogP contribution >= 0.6 is 22.2 Å². The molecule has 0 N–H and O–H groups in total. The summed E-state index contributed by atoms with van der Waals surface area (Å²) in [6.45, 7) is 4.39. The number of hydrogen-bond donors (Lipinski definition) is 0. The maximum absolute atomic E-state index is 7.11. The molecule has 0 spiro atoms. The van der Waals surface area contributed by atoms with Crippen molar-refractivity contribution in [2.24, 2.45) is 0 Å². The highest BCUT2D eigenvalue weighted by molar-refractivity contribution is 7.27. The Morgan fingerprint density at radius 3 is 1.31 bits per heavy atom. The van der Waals surface area contributed by atoms with Gasteiger partial charge in [0.2, 0.25) is 14.8 Å². The summed E-state index contributed by atoms with van der Waals surface area (Å²) in [4.78, 5) is 0. The Morgan fingerprint density at radius 1 is 0.654 bits per heavy atom. The minimum atomic E-state index is -2.18. The average molecular weight is 420 g/mol. The second kappa shape index (κ2) is 10.4. The highest BCUT2D eigenvalue weighted by Gasteiger charge is 2.32. The third-order valence-electron chi connectivity index (χ3n) is 4.46. The van der Waals surface area contributed by atoms with Gasteiger partial charge in [-0.2, -0.15) is 0 Å². The summed E-state index contributed by atoms with van der Waals surface area (Å²) in [5, 5.41) is 0. The van der Waals surface area contributed by atoms with Crippen molar-refractivity contribution in [1.82, 2.24) is 0 Å². The topological polar surface area (TPSA) is 0 Å². The molecule has 26 heavy (non-hydrogen) atoms. The van der Waals surface area contributed by atoms with Crippen LogP contribution in [-0.4, -0.2) is 14.8 Å². The molecule has 0 aliphatic heterocycles. The van der Waals surface area contributed by atoms with Crippen molar-refractivity contribution in [1.29, 1.82) is 0 Å². The molecule has 138 valence electrons. The Labute approximate surface area is 170 Å². The van der Waals surface area contributed by atoms with E-state index in [4.69, 9.17) is 22.2 Å². The molecule has 2 rings (SSSR count). The Balaban J connectivity index is 2.25. The first-order chi connectivity index (χ1) is 12.5. The Hall–Kier alpha value is -0.986. The predicted octanol–water partition coefficient (Wildman–Crippen LogP) is 6.82. The summed E-state index contributed by atoms with van der Waals surface area (Å²) in [7, 11) is -4.37. The first kappa shape index (κ1) is 21.3. The number of halogens is 2. The zero-order chi connectivity index (χ0) is 18.9. The predicted molar refractivity (Wildman–Crippen MR) is 121 cm³/mol. The lowest BCUT2D eigenvalue weighted by Gasteiger charge is -2.21. The fourth-order valence-corrected chi connectivity index (χ4v) is 12.1. The summed E-state index contributed by atoms with van der Waals surface area (Å²) in [6, 6.07) is 24.8. The van der Waals surface area contributed by atoms with Gasteiger partial charge in [-0.15, -0.1) is 33.2 Å². The Kier molecular flexibility index (Phi) is 8.51. The normalized spacial score (nSPS) is 15.4. The van der Waals surface area contributed by atoms with Crippen molar-refractivity contribution in [2.75, 3.05) is 0 Å². The molecule has 0 fully saturated rings. The third-order valence-corrected chi connectivity index (χ3v) is 12.9. The molecule has 0 radical (unpaired) electrons. The maximum atomic E-state index is 7.11. The highest BCUT2D eigenvalue weighted by atomic mass is 35.6. The minimum Gasteiger partial charge on any atom is -0.150 e. The van der Waals surface area contributed by atoms with Crippen LogP contribution in [0.1, 0.15) is 37.8 Å². The molecule has 2 atom stereocenters. The quantitative estimate of drug-likeness (QED) is 0.250. The van der Waals surface area contributed by atoms with Crippen LogP contribution < -0.4 is 0 Å². The van der Waals surface area contributed by atoms with Gasteiger partial charge in [0.25, 0.3) is 0 Å². The van der Waals surface area contributed by atoms with Crippen molar-refractivity contribution < 1.29 is 0 Å². The van der Waals surface area contributed by atoms with E-state index in [0.29, 0.717) is 0 Å². The molecule has 2 aromatic carbocycles. The largest absolute Gasteiger partial charge is 0.237 e. The molecule has 0 aliphatic carbocycles. The average Bonchev–Trinajstić information content (AvgIpc) is 2.62. The van der Waals surface area contributed by atoms with E-state index in [2.05, 4.69) is 73.5 Å². The van der Waals surface area contributed by atoms with Crippen LogP contribution in [0, 0.1) is 11.1 Å². The lowest BCUT2D eigenvalue weighted by Crippen LogP contribution is -2.33. The third kappa shape index (κ3) is 6.97. The summed E-state index contributed by atoms with van der Waals surface area (Å²) < 4.78 is 0. The van der Waals surface area contributed by atoms with E-state index in [1.54, 1.807) is 0 Å². The second-order valence-electron chi connectivity index (χ2n) is 7.01. The molecule has 0 aliphatic rings. The minimum absolute atomic E-state index is 0.898. The molecule has 0 nitrogen and oxygen atoms in total. The molecule has 0 aromatic heterocycles. The van der Waals surface area contributed by atoms with Gasteiger partial charge in [-0.05, 0) is 35.3 Å². The number of benzene rings is 2. The van der Waals surface area contributed by atoms with E-state index < -0.39 is 14.8 Å². The van der Waals surface area contributed by atoms with Gasteiger partial charge < -0.3 is 0 Å². The lowest BCUT2D eigenvalue weighted by molar-refractivity contribution is 1.05. The van der Waals surface area contributed by atoms with Gasteiger partial charge in [-0.25, -0.2) is 0 Å². The summed E-state index contributed by atoms with van der Waals surface area (Å²) in [6.07, 6.45) is 2.14. The van der Waals surface area contributed by atoms with Crippen molar-refractivity contribution in [3.8, 4) is 11.1 Å². The van der Waals surface area contributed by atoms with Crippen molar-refractivity contribution in [2.45, 2.75) is 50.9 Å². The van der Waals surface area contributed by atoms with Crippen molar-refractivity contribution in [3.63, 3.8) is 0 Å². The molecule has 2 aromatic rings. The van der Waals surface area contributed by atoms with Gasteiger partial charge in [0.05, 0.1) is 0 Å². The maximum Gasteiger partial charge on any atom is 0.237 e. The number of rotatable bonds is 8. The SMILES string of the molecule is CCC[Si](Cl)(C#C[Si](Cl)(CCC)Cc1ccccc1)Cc1ccccc1. The Morgan fingerprint density at radius 2 is 1.00 bits per heavy atom. The van der Waals surface area contributed by atoms with E-state index in [1.807, 2.05) is 12.1 Å². The summed E-state index contributed by atoms with van der Waals surface area (Å²) in [5.41, 5.74) is 9.73. The number of hydrogen-bond acceptors (Lipinski definition) is 0. The van der Waals surface area contributed by atoms with Gasteiger partial charge in [0, 0.05) is 0 Å². The monoisotopic (exact) mass is 418 g/mol. The molecule has 0 heterocycles. The highest BCUT2D eigenvalue weighted by Crippen LogP contribution is 2.26. The molecule has 0 amide bonds.